The summed E-state index contributed by atoms with van der Waals surface area (Å²) in [4.78, 5) is 12.1. The van der Waals surface area contributed by atoms with Gasteiger partial charge in [-0.25, -0.2) is 0 Å². The van der Waals surface area contributed by atoms with E-state index in [1.807, 2.05) is 30.3 Å². The van der Waals surface area contributed by atoms with Gasteiger partial charge in [0.15, 0.2) is 0 Å². The first-order valence-corrected chi connectivity index (χ1v) is 8.55. The lowest BCUT2D eigenvalue weighted by atomic mass is 9.76. The molecule has 2 aromatic carbocycles. The summed E-state index contributed by atoms with van der Waals surface area (Å²) in [6.45, 7) is 0.432. The van der Waals surface area contributed by atoms with E-state index in [0.29, 0.717) is 19.4 Å². The Morgan fingerprint density at radius 2 is 1.77 bits per heavy atom. The van der Waals surface area contributed by atoms with Gasteiger partial charge in [-0.05, 0) is 42.7 Å². The van der Waals surface area contributed by atoms with E-state index in [1.165, 1.54) is 0 Å². The molecule has 1 unspecified atom stereocenters. The number of benzene rings is 2. The minimum absolute atomic E-state index is 0.160. The molecule has 1 amide bonds. The first-order chi connectivity index (χ1) is 12.6. The monoisotopic (exact) mass is 357 g/mol. The van der Waals surface area contributed by atoms with Gasteiger partial charge in [-0.15, -0.1) is 0 Å². The normalized spacial score (nSPS) is 11.5. The molecule has 0 heterocycles. The molecule has 1 atom stereocenters. The lowest BCUT2D eigenvalue weighted by molar-refractivity contribution is -0.120. The zero-order valence-electron chi connectivity index (χ0n) is 14.8. The van der Waals surface area contributed by atoms with Crippen molar-refractivity contribution in [3.8, 4) is 11.5 Å². The summed E-state index contributed by atoms with van der Waals surface area (Å²) in [5, 5.41) is 21.7. The number of nitrogens with one attached hydrogen (secondary N) is 1. The van der Waals surface area contributed by atoms with Gasteiger partial charge in [0.2, 0.25) is 5.91 Å². The van der Waals surface area contributed by atoms with Crippen molar-refractivity contribution in [3.63, 3.8) is 0 Å². The Labute approximate surface area is 153 Å². The van der Waals surface area contributed by atoms with Crippen LogP contribution in [0, 0.1) is 0 Å². The molecule has 6 nitrogen and oxygen atoms in total. The topological polar surface area (TPSA) is 88.0 Å². The van der Waals surface area contributed by atoms with E-state index in [-0.39, 0.29) is 12.3 Å². The molecule has 3 N–H and O–H groups in total. The molecule has 0 aliphatic carbocycles. The van der Waals surface area contributed by atoms with Crippen LogP contribution in [0.4, 0.5) is 0 Å². The summed E-state index contributed by atoms with van der Waals surface area (Å²) < 4.78 is 10.6. The highest BCUT2D eigenvalue weighted by molar-refractivity contribution is 6.43. The van der Waals surface area contributed by atoms with Crippen molar-refractivity contribution in [2.24, 2.45) is 0 Å². The Morgan fingerprint density at radius 3 is 2.38 bits per heavy atom. The fourth-order valence-corrected chi connectivity index (χ4v) is 2.49. The third-order valence-corrected chi connectivity index (χ3v) is 3.90. The summed E-state index contributed by atoms with van der Waals surface area (Å²) in [5.41, 5.74) is 0.821. The average molecular weight is 357 g/mol. The number of ether oxygens (including phenoxy) is 2. The molecule has 26 heavy (non-hydrogen) atoms. The lowest BCUT2D eigenvalue weighted by Gasteiger charge is -2.18. The van der Waals surface area contributed by atoms with Crippen molar-refractivity contribution in [2.45, 2.75) is 25.2 Å². The van der Waals surface area contributed by atoms with Crippen LogP contribution in [0.15, 0.2) is 54.6 Å². The highest BCUT2D eigenvalue weighted by Gasteiger charge is 2.24. The zero-order chi connectivity index (χ0) is 18.8. The predicted octanol–water partition coefficient (Wildman–Crippen LogP) is 1.59. The molecular weight excluding hydrogens is 333 g/mol. The Hall–Kier alpha value is -2.51. The third-order valence-electron chi connectivity index (χ3n) is 3.90. The molecule has 0 spiro atoms. The maximum atomic E-state index is 12.1. The maximum Gasteiger partial charge on any atom is 0.475 e. The van der Waals surface area contributed by atoms with Crippen molar-refractivity contribution in [3.05, 3.63) is 60.2 Å². The van der Waals surface area contributed by atoms with Gasteiger partial charge in [0.25, 0.3) is 0 Å². The van der Waals surface area contributed by atoms with Crippen LogP contribution in [0.3, 0.4) is 0 Å². The molecule has 0 saturated carbocycles. The van der Waals surface area contributed by atoms with Gasteiger partial charge in [-0.2, -0.15) is 0 Å². The van der Waals surface area contributed by atoms with Gasteiger partial charge in [-0.3, -0.25) is 4.79 Å². The average Bonchev–Trinajstić information content (AvgIpc) is 2.65. The first kappa shape index (κ1) is 19.8. The summed E-state index contributed by atoms with van der Waals surface area (Å²) in [6.07, 6.45) is 1.15. The van der Waals surface area contributed by atoms with Crippen LogP contribution in [-0.4, -0.2) is 42.7 Å². The van der Waals surface area contributed by atoms with Crippen LogP contribution in [0.2, 0.25) is 0 Å². The minimum Gasteiger partial charge on any atom is -0.497 e. The summed E-state index contributed by atoms with van der Waals surface area (Å²) in [7, 11) is -0.0391. The lowest BCUT2D eigenvalue weighted by Crippen LogP contribution is -2.47. The van der Waals surface area contributed by atoms with Crippen molar-refractivity contribution in [1.29, 1.82) is 0 Å². The number of para-hydroxylation sites is 1. The van der Waals surface area contributed by atoms with Crippen LogP contribution in [0.5, 0.6) is 11.5 Å². The Kier molecular flexibility index (Phi) is 7.99. The molecular formula is C19H24BNO5. The smallest absolute Gasteiger partial charge is 0.475 e. The number of hydrogen-bond donors (Lipinski definition) is 3. The number of hydrogen-bond acceptors (Lipinski definition) is 5. The Morgan fingerprint density at radius 1 is 1.08 bits per heavy atom. The second kappa shape index (κ2) is 10.5. The summed E-state index contributed by atoms with van der Waals surface area (Å²) >= 11 is 0. The standard InChI is InChI=1S/C19H24BNO5/c1-25-16-11-9-15(10-12-16)14-19(22)21-18(20(23)24)8-5-13-26-17-6-3-2-4-7-17/h2-4,6-7,9-12,18,23-24H,5,8,13-14H2,1H3,(H,21,22). The highest BCUT2D eigenvalue weighted by Crippen LogP contribution is 2.12. The van der Waals surface area contributed by atoms with Crippen LogP contribution in [0.1, 0.15) is 18.4 Å². The van der Waals surface area contributed by atoms with Crippen LogP contribution in [0.25, 0.3) is 0 Å². The van der Waals surface area contributed by atoms with E-state index < -0.39 is 13.1 Å². The van der Waals surface area contributed by atoms with Gasteiger partial charge in [0, 0.05) is 0 Å². The molecule has 0 fully saturated rings. The van der Waals surface area contributed by atoms with E-state index in [1.54, 1.807) is 31.4 Å². The Bertz CT molecular complexity index is 663. The molecule has 7 heteroatoms. The number of carbonyl (C=O) groups excluding carboxylic acids is 1. The number of carbonyl (C=O) groups is 1. The third kappa shape index (κ3) is 6.78. The molecule has 0 aromatic heterocycles. The van der Waals surface area contributed by atoms with Crippen molar-refractivity contribution in [2.75, 3.05) is 13.7 Å². The van der Waals surface area contributed by atoms with Crippen LogP contribution < -0.4 is 14.8 Å². The van der Waals surface area contributed by atoms with Gasteiger partial charge in [0.05, 0.1) is 26.1 Å². The second-order valence-corrected chi connectivity index (χ2v) is 5.92. The fraction of sp³-hybridized carbons (Fsp3) is 0.316. The molecule has 0 aliphatic heterocycles. The molecule has 0 saturated heterocycles. The SMILES string of the molecule is COc1ccc(CC(=O)NC(CCCOc2ccccc2)B(O)O)cc1. The maximum absolute atomic E-state index is 12.1. The van der Waals surface area contributed by atoms with E-state index in [4.69, 9.17) is 9.47 Å². The Balaban J connectivity index is 1.76. The van der Waals surface area contributed by atoms with Crippen molar-refractivity contribution < 1.29 is 24.3 Å². The minimum atomic E-state index is -1.62. The molecule has 0 bridgehead atoms. The van der Waals surface area contributed by atoms with E-state index in [9.17, 15) is 14.8 Å². The summed E-state index contributed by atoms with van der Waals surface area (Å²) in [5.74, 6) is 0.478. The number of methoxy groups -OCH3 is 1. The van der Waals surface area contributed by atoms with E-state index in [2.05, 4.69) is 5.32 Å². The molecule has 0 aliphatic rings. The van der Waals surface area contributed by atoms with Crippen LogP contribution >= 0.6 is 0 Å². The van der Waals surface area contributed by atoms with Crippen LogP contribution in [-0.2, 0) is 11.2 Å². The van der Waals surface area contributed by atoms with E-state index in [0.717, 1.165) is 17.1 Å². The summed E-state index contributed by atoms with van der Waals surface area (Å²) in [6, 6.07) is 16.5. The van der Waals surface area contributed by atoms with E-state index >= 15 is 0 Å². The highest BCUT2D eigenvalue weighted by atomic mass is 16.5. The molecule has 138 valence electrons. The second-order valence-electron chi connectivity index (χ2n) is 5.92. The zero-order valence-corrected chi connectivity index (χ0v) is 14.8. The predicted molar refractivity (Wildman–Crippen MR) is 100.0 cm³/mol. The largest absolute Gasteiger partial charge is 0.497 e. The van der Waals surface area contributed by atoms with Gasteiger partial charge in [0.1, 0.15) is 11.5 Å². The molecule has 2 aromatic rings. The van der Waals surface area contributed by atoms with Crippen molar-refractivity contribution in [1.82, 2.24) is 5.32 Å². The first-order valence-electron chi connectivity index (χ1n) is 8.55. The fourth-order valence-electron chi connectivity index (χ4n) is 2.49. The van der Waals surface area contributed by atoms with Gasteiger partial charge in [-0.1, -0.05) is 30.3 Å². The van der Waals surface area contributed by atoms with Gasteiger partial charge < -0.3 is 24.8 Å². The number of rotatable bonds is 10. The molecule has 2 rings (SSSR count). The van der Waals surface area contributed by atoms with Crippen molar-refractivity contribution >= 4 is 13.0 Å². The quantitative estimate of drug-likeness (QED) is 0.444. The molecule has 0 radical (unpaired) electrons. The van der Waals surface area contributed by atoms with Gasteiger partial charge >= 0.3 is 7.12 Å². The number of amides is 1.